The summed E-state index contributed by atoms with van der Waals surface area (Å²) in [5.41, 5.74) is 2.21. The number of likely N-dealkylation sites (N-methyl/N-ethyl adjacent to an activating group) is 1. The highest BCUT2D eigenvalue weighted by atomic mass is 35.5. The molecule has 1 aliphatic carbocycles. The number of hydrogen-bond donors (Lipinski definition) is 0. The number of hydrogen-bond acceptors (Lipinski definition) is 9. The normalized spacial score (nSPS) is 20.4. The van der Waals surface area contributed by atoms with Crippen molar-refractivity contribution >= 4 is 40.3 Å². The Morgan fingerprint density at radius 1 is 1.05 bits per heavy atom. The second-order valence-electron chi connectivity index (χ2n) is 12.1. The van der Waals surface area contributed by atoms with E-state index in [-0.39, 0.29) is 23.1 Å². The van der Waals surface area contributed by atoms with Crippen molar-refractivity contribution in [3.05, 3.63) is 81.9 Å². The number of fused-ring (bicyclic) bond motifs is 1. The van der Waals surface area contributed by atoms with Gasteiger partial charge in [-0.25, -0.2) is 9.97 Å². The summed E-state index contributed by atoms with van der Waals surface area (Å²) >= 11 is 6.31. The van der Waals surface area contributed by atoms with E-state index < -0.39 is 0 Å². The number of aromatic nitrogens is 3. The van der Waals surface area contributed by atoms with E-state index >= 15 is 0 Å². The van der Waals surface area contributed by atoms with Crippen LogP contribution in [0.25, 0.3) is 16.6 Å². The third-order valence-electron chi connectivity index (χ3n) is 8.82. The van der Waals surface area contributed by atoms with Crippen LogP contribution in [-0.4, -0.2) is 90.3 Å². The van der Waals surface area contributed by atoms with E-state index in [0.717, 1.165) is 49.5 Å². The zero-order chi connectivity index (χ0) is 30.4. The number of carbonyl (C=O) groups excluding carboxylic acids is 1. The Kier molecular flexibility index (Phi) is 7.74. The van der Waals surface area contributed by atoms with E-state index in [1.165, 1.54) is 0 Å². The van der Waals surface area contributed by atoms with Crippen molar-refractivity contribution in [3.63, 3.8) is 0 Å². The van der Waals surface area contributed by atoms with Crippen LogP contribution in [0.4, 0.5) is 11.5 Å². The molecule has 5 heterocycles. The van der Waals surface area contributed by atoms with Crippen LogP contribution < -0.4 is 20.0 Å². The molecule has 2 unspecified atom stereocenters. The lowest BCUT2D eigenvalue weighted by Gasteiger charge is -2.43. The molecule has 1 saturated carbocycles. The van der Waals surface area contributed by atoms with Gasteiger partial charge in [0.2, 0.25) is 5.88 Å². The molecule has 4 aromatic rings. The molecule has 0 radical (unpaired) electrons. The number of halogens is 1. The maximum Gasteiger partial charge on any atom is 0.232 e. The Bertz CT molecular complexity index is 1740. The fourth-order valence-corrected chi connectivity index (χ4v) is 6.24. The van der Waals surface area contributed by atoms with Gasteiger partial charge < -0.3 is 28.7 Å². The quantitative estimate of drug-likeness (QED) is 0.244. The van der Waals surface area contributed by atoms with E-state index in [9.17, 15) is 9.59 Å². The average Bonchev–Trinajstić information content (AvgIpc) is 3.73. The first-order chi connectivity index (χ1) is 21.4. The van der Waals surface area contributed by atoms with E-state index in [1.54, 1.807) is 30.7 Å². The predicted octanol–water partition coefficient (Wildman–Crippen LogP) is 4.20. The number of anilines is 2. The molecular formula is C33H35ClN6O4. The molecule has 2 aliphatic heterocycles. The van der Waals surface area contributed by atoms with E-state index in [1.807, 2.05) is 34.9 Å². The van der Waals surface area contributed by atoms with Gasteiger partial charge in [-0.3, -0.25) is 9.59 Å². The van der Waals surface area contributed by atoms with Crippen LogP contribution in [0.15, 0.2) is 65.8 Å². The molecule has 1 aromatic carbocycles. The zero-order valence-corrected chi connectivity index (χ0v) is 25.6. The number of benzene rings is 1. The van der Waals surface area contributed by atoms with Gasteiger partial charge in [0.1, 0.15) is 17.4 Å². The standard InChI is InChI=1S/C33H35ClN6O4/c1-37(2)25-16-38(17-25)31-10-6-23(14-36-31)40-15-21(19-41)32(42)28-9-5-22(13-30(28)40)39-18-27(44-26-7-8-26)12-24(39)20-43-33-29(34)4-3-11-35-33/h3-6,9-11,13-15,19,24-27H,7-8,12,16-18,20H2,1-2H3. The Balaban J connectivity index is 1.21. The maximum absolute atomic E-state index is 13.2. The Morgan fingerprint density at radius 3 is 2.57 bits per heavy atom. The molecule has 10 nitrogen and oxygen atoms in total. The minimum Gasteiger partial charge on any atom is -0.474 e. The molecule has 11 heteroatoms. The SMILES string of the molecule is CN(C)C1CN(c2ccc(-n3cc(C=O)c(=O)c4ccc(N5CC(OC6CC6)CC5COc5ncccc5Cl)cc43)cn2)C1. The lowest BCUT2D eigenvalue weighted by Crippen LogP contribution is -2.57. The van der Waals surface area contributed by atoms with Gasteiger partial charge in [0.25, 0.3) is 0 Å². The zero-order valence-electron chi connectivity index (χ0n) is 24.8. The summed E-state index contributed by atoms with van der Waals surface area (Å²) in [4.78, 5) is 40.9. The maximum atomic E-state index is 13.2. The van der Waals surface area contributed by atoms with Gasteiger partial charge in [-0.2, -0.15) is 0 Å². The minimum atomic E-state index is -0.293. The number of carbonyl (C=O) groups is 1. The monoisotopic (exact) mass is 614 g/mol. The van der Waals surface area contributed by atoms with Gasteiger partial charge in [0.15, 0.2) is 11.7 Å². The molecule has 0 bridgehead atoms. The topological polar surface area (TPSA) is 93.0 Å². The summed E-state index contributed by atoms with van der Waals surface area (Å²) in [5.74, 6) is 1.31. The van der Waals surface area contributed by atoms with Crippen LogP contribution in [-0.2, 0) is 4.74 Å². The highest BCUT2D eigenvalue weighted by Gasteiger charge is 2.37. The van der Waals surface area contributed by atoms with Gasteiger partial charge in [-0.15, -0.1) is 0 Å². The van der Waals surface area contributed by atoms with Gasteiger partial charge in [-0.05, 0) is 75.8 Å². The molecule has 2 saturated heterocycles. The van der Waals surface area contributed by atoms with Crippen LogP contribution in [0.3, 0.4) is 0 Å². The Hall–Kier alpha value is -3.99. The second-order valence-corrected chi connectivity index (χ2v) is 12.5. The number of rotatable bonds is 10. The summed E-state index contributed by atoms with van der Waals surface area (Å²) in [7, 11) is 4.18. The van der Waals surface area contributed by atoms with Crippen molar-refractivity contribution in [2.24, 2.45) is 0 Å². The first kappa shape index (κ1) is 28.8. The van der Waals surface area contributed by atoms with Gasteiger partial charge in [-0.1, -0.05) is 11.6 Å². The fraction of sp³-hybridized carbons (Fsp3) is 0.394. The first-order valence-electron chi connectivity index (χ1n) is 15.1. The smallest absolute Gasteiger partial charge is 0.232 e. The molecule has 7 rings (SSSR count). The molecule has 0 N–H and O–H groups in total. The van der Waals surface area contributed by atoms with Crippen LogP contribution >= 0.6 is 11.6 Å². The lowest BCUT2D eigenvalue weighted by atomic mass is 10.1. The molecule has 0 amide bonds. The number of ether oxygens (including phenoxy) is 2. The van der Waals surface area contributed by atoms with E-state index in [0.29, 0.717) is 53.4 Å². The highest BCUT2D eigenvalue weighted by Crippen LogP contribution is 2.35. The molecule has 2 atom stereocenters. The molecule has 3 fully saturated rings. The summed E-state index contributed by atoms with van der Waals surface area (Å²) in [5, 5.41) is 0.937. The van der Waals surface area contributed by atoms with Crippen molar-refractivity contribution < 1.29 is 14.3 Å². The predicted molar refractivity (Wildman–Crippen MR) is 171 cm³/mol. The highest BCUT2D eigenvalue weighted by molar-refractivity contribution is 6.31. The third kappa shape index (κ3) is 5.65. The molecule has 44 heavy (non-hydrogen) atoms. The third-order valence-corrected chi connectivity index (χ3v) is 9.11. The number of aldehydes is 1. The fourth-order valence-electron chi connectivity index (χ4n) is 6.06. The van der Waals surface area contributed by atoms with Crippen LogP contribution in [0.2, 0.25) is 5.02 Å². The molecule has 3 aliphatic rings. The summed E-state index contributed by atoms with van der Waals surface area (Å²) in [6.07, 6.45) is 9.08. The Morgan fingerprint density at radius 2 is 1.86 bits per heavy atom. The molecule has 0 spiro atoms. The van der Waals surface area contributed by atoms with Crippen molar-refractivity contribution in [3.8, 4) is 11.6 Å². The molecule has 228 valence electrons. The lowest BCUT2D eigenvalue weighted by molar-refractivity contribution is 0.0514. The van der Waals surface area contributed by atoms with Crippen molar-refractivity contribution in [1.82, 2.24) is 19.4 Å². The summed E-state index contributed by atoms with van der Waals surface area (Å²) in [6, 6.07) is 13.8. The van der Waals surface area contributed by atoms with E-state index in [2.05, 4.69) is 33.8 Å². The number of nitrogens with zero attached hydrogens (tertiary/aromatic N) is 6. The van der Waals surface area contributed by atoms with Crippen molar-refractivity contribution in [1.29, 1.82) is 0 Å². The van der Waals surface area contributed by atoms with Crippen molar-refractivity contribution in [2.75, 3.05) is 50.1 Å². The summed E-state index contributed by atoms with van der Waals surface area (Å²) < 4.78 is 14.3. The van der Waals surface area contributed by atoms with Crippen molar-refractivity contribution in [2.45, 2.75) is 43.6 Å². The number of pyridine rings is 3. The van der Waals surface area contributed by atoms with Crippen LogP contribution in [0, 0.1) is 0 Å². The molecular weight excluding hydrogens is 580 g/mol. The van der Waals surface area contributed by atoms with Gasteiger partial charge in [0.05, 0.1) is 41.2 Å². The minimum absolute atomic E-state index is 0.00663. The molecule has 3 aromatic heterocycles. The second kappa shape index (κ2) is 11.8. The van der Waals surface area contributed by atoms with Gasteiger partial charge >= 0.3 is 0 Å². The van der Waals surface area contributed by atoms with Gasteiger partial charge in [0, 0.05) is 49.1 Å². The van der Waals surface area contributed by atoms with E-state index in [4.69, 9.17) is 26.1 Å². The van der Waals surface area contributed by atoms with Crippen LogP contribution in [0.5, 0.6) is 5.88 Å². The largest absolute Gasteiger partial charge is 0.474 e. The average molecular weight is 615 g/mol. The van der Waals surface area contributed by atoms with Crippen LogP contribution in [0.1, 0.15) is 29.6 Å². The first-order valence-corrected chi connectivity index (χ1v) is 15.4. The summed E-state index contributed by atoms with van der Waals surface area (Å²) in [6.45, 7) is 2.94. The Labute approximate surface area is 260 Å².